The van der Waals surface area contributed by atoms with E-state index in [0.717, 1.165) is 32.9 Å². The van der Waals surface area contributed by atoms with Crippen LogP contribution < -0.4 is 15.4 Å². The molecule has 0 saturated heterocycles. The summed E-state index contributed by atoms with van der Waals surface area (Å²) in [6, 6.07) is 0. The molecule has 2 unspecified atom stereocenters. The number of nitrogen functional groups attached to an aromatic ring is 1. The fraction of sp³-hybridized carbons (Fsp3) is 0.550. The minimum Gasteiger partial charge on any atom is -0.495 e. The van der Waals surface area contributed by atoms with Gasteiger partial charge in [0.25, 0.3) is 0 Å². The van der Waals surface area contributed by atoms with Gasteiger partial charge >= 0.3 is 0 Å². The van der Waals surface area contributed by atoms with Crippen LogP contribution in [0.3, 0.4) is 0 Å². The van der Waals surface area contributed by atoms with E-state index in [1.54, 1.807) is 13.3 Å². The lowest BCUT2D eigenvalue weighted by Crippen LogP contribution is -2.31. The summed E-state index contributed by atoms with van der Waals surface area (Å²) in [6.45, 7) is 10.3. The summed E-state index contributed by atoms with van der Waals surface area (Å²) in [6.07, 6.45) is 3.88. The molecule has 1 aliphatic rings. The molecule has 0 saturated carbocycles. The van der Waals surface area contributed by atoms with Crippen LogP contribution in [0.25, 0.3) is 0 Å². The van der Waals surface area contributed by atoms with E-state index in [4.69, 9.17) is 26.3 Å². The number of halogens is 2. The Bertz CT molecular complexity index is 940. The molecule has 10 heteroatoms. The van der Waals surface area contributed by atoms with Gasteiger partial charge in [-0.2, -0.15) is 9.17 Å². The Hall–Kier alpha value is -1.29. The summed E-state index contributed by atoms with van der Waals surface area (Å²) in [5, 5.41) is 0.387. The normalized spacial score (nSPS) is 17.2. The fourth-order valence-corrected chi connectivity index (χ4v) is 4.92. The molecule has 2 atom stereocenters. The van der Waals surface area contributed by atoms with Gasteiger partial charge in [0.05, 0.1) is 23.8 Å². The Morgan fingerprint density at radius 1 is 1.37 bits per heavy atom. The summed E-state index contributed by atoms with van der Waals surface area (Å²) in [7, 11) is 1.65. The summed E-state index contributed by atoms with van der Waals surface area (Å²) in [4.78, 5) is 15.4. The number of ether oxygens (including phenoxy) is 1. The molecule has 1 aliphatic heterocycles. The van der Waals surface area contributed by atoms with Crippen LogP contribution in [-0.2, 0) is 21.9 Å². The number of rotatable bonds is 6. The minimum absolute atomic E-state index is 0.0584. The topological polar surface area (TPSA) is 86.4 Å². The number of aromatic nitrogens is 3. The van der Waals surface area contributed by atoms with E-state index in [-0.39, 0.29) is 27.8 Å². The molecule has 7 nitrogen and oxygen atoms in total. The zero-order valence-corrected chi connectivity index (χ0v) is 21.3. The number of anilines is 2. The van der Waals surface area contributed by atoms with Crippen molar-refractivity contribution >= 4 is 50.5 Å². The Morgan fingerprint density at radius 3 is 2.70 bits per heavy atom. The number of methoxy groups -OCH3 is 1. The lowest BCUT2D eigenvalue weighted by molar-refractivity contribution is 0.325. The third-order valence-corrected chi connectivity index (χ3v) is 8.29. The molecule has 0 spiro atoms. The van der Waals surface area contributed by atoms with Crippen molar-refractivity contribution in [3.8, 4) is 5.75 Å². The van der Waals surface area contributed by atoms with E-state index >= 15 is 0 Å². The van der Waals surface area contributed by atoms with E-state index in [1.165, 1.54) is 0 Å². The first kappa shape index (κ1) is 23.4. The Labute approximate surface area is 194 Å². The lowest BCUT2D eigenvalue weighted by atomic mass is 10.1. The molecule has 0 bridgehead atoms. The fourth-order valence-electron chi connectivity index (χ4n) is 3.31. The van der Waals surface area contributed by atoms with Gasteiger partial charge in [0, 0.05) is 29.8 Å². The van der Waals surface area contributed by atoms with E-state index in [2.05, 4.69) is 62.8 Å². The monoisotopic (exact) mass is 516 g/mol. The number of hydrogen-bond acceptors (Lipinski definition) is 7. The van der Waals surface area contributed by atoms with Gasteiger partial charge in [-0.05, 0) is 43.6 Å². The van der Waals surface area contributed by atoms with Crippen molar-refractivity contribution in [1.29, 1.82) is 0 Å². The van der Waals surface area contributed by atoms with Crippen molar-refractivity contribution in [3.63, 3.8) is 0 Å². The summed E-state index contributed by atoms with van der Waals surface area (Å²) >= 11 is 9.78. The molecule has 2 aromatic rings. The second-order valence-corrected chi connectivity index (χ2v) is 11.8. The highest BCUT2D eigenvalue weighted by Gasteiger charge is 2.38. The largest absolute Gasteiger partial charge is 0.495 e. The van der Waals surface area contributed by atoms with E-state index in [1.807, 2.05) is 6.92 Å². The van der Waals surface area contributed by atoms with Crippen molar-refractivity contribution in [2.45, 2.75) is 44.9 Å². The first-order valence-corrected chi connectivity index (χ1v) is 12.3. The molecule has 2 aromatic heterocycles. The predicted octanol–water partition coefficient (Wildman–Crippen LogP) is 4.27. The maximum Gasteiger partial charge on any atom is 0.223 e. The molecule has 2 N–H and O–H groups in total. The molecular formula is C20H28BrClN5O2S+. The Balaban J connectivity index is 1.89. The van der Waals surface area contributed by atoms with Gasteiger partial charge in [-0.15, -0.1) is 0 Å². The summed E-state index contributed by atoms with van der Waals surface area (Å²) in [5.74, 6) is 1.74. The van der Waals surface area contributed by atoms with Crippen LogP contribution in [0.4, 0.5) is 11.8 Å². The Kier molecular flexibility index (Phi) is 7.06. The van der Waals surface area contributed by atoms with Gasteiger partial charge in [0.15, 0.2) is 4.75 Å². The third kappa shape index (κ3) is 4.79. The summed E-state index contributed by atoms with van der Waals surface area (Å²) in [5.41, 5.74) is 8.67. The molecule has 164 valence electrons. The second kappa shape index (κ2) is 9.06. The maximum absolute atomic E-state index is 6.49. The zero-order chi connectivity index (χ0) is 22.2. The lowest BCUT2D eigenvalue weighted by Gasteiger charge is -2.21. The maximum atomic E-state index is 6.49. The standard InChI is InChI=1S/C20H28BrClN5O2S/c1-11-14(24-7-13(21)16(11)28-5)9-27-8-12(10-29-30(6)20(2,3)4)15-17(22)25-19(23)26-18(15)27/h7,12H,8-10H2,1-6H3,(H2,23,25,26)/q+1. The van der Waals surface area contributed by atoms with Gasteiger partial charge < -0.3 is 15.4 Å². The number of pyridine rings is 1. The predicted molar refractivity (Wildman–Crippen MR) is 127 cm³/mol. The first-order valence-electron chi connectivity index (χ1n) is 9.58. The van der Waals surface area contributed by atoms with Crippen molar-refractivity contribution in [2.24, 2.45) is 0 Å². The SMILES string of the molecule is COc1c(Br)cnc(CN2CC(CO[S+](C)C(C)(C)C)c3c(Cl)nc(N)nc32)c1C. The van der Waals surface area contributed by atoms with Crippen LogP contribution >= 0.6 is 27.5 Å². The highest BCUT2D eigenvalue weighted by Crippen LogP contribution is 2.41. The van der Waals surface area contributed by atoms with E-state index < -0.39 is 0 Å². The molecule has 0 radical (unpaired) electrons. The van der Waals surface area contributed by atoms with Gasteiger partial charge in [-0.3, -0.25) is 4.98 Å². The molecule has 0 amide bonds. The molecule has 30 heavy (non-hydrogen) atoms. The van der Waals surface area contributed by atoms with Crippen LogP contribution in [0, 0.1) is 6.92 Å². The second-order valence-electron chi connectivity index (χ2n) is 8.25. The van der Waals surface area contributed by atoms with Crippen molar-refractivity contribution < 1.29 is 8.92 Å². The van der Waals surface area contributed by atoms with E-state index in [0.29, 0.717) is 24.8 Å². The Morgan fingerprint density at radius 2 is 2.07 bits per heavy atom. The van der Waals surface area contributed by atoms with Crippen LogP contribution in [0.5, 0.6) is 5.75 Å². The van der Waals surface area contributed by atoms with E-state index in [9.17, 15) is 0 Å². The number of hydrogen-bond donors (Lipinski definition) is 1. The highest BCUT2D eigenvalue weighted by molar-refractivity contribution is 9.10. The van der Waals surface area contributed by atoms with Crippen molar-refractivity contribution in [1.82, 2.24) is 15.0 Å². The van der Waals surface area contributed by atoms with Crippen LogP contribution in [0.1, 0.15) is 43.5 Å². The molecule has 0 aliphatic carbocycles. The van der Waals surface area contributed by atoms with Crippen molar-refractivity contribution in [3.05, 3.63) is 32.6 Å². The molecule has 0 aromatic carbocycles. The van der Waals surface area contributed by atoms with Gasteiger partial charge in [0.1, 0.15) is 40.8 Å². The molecule has 3 rings (SSSR count). The number of fused-ring (bicyclic) bond motifs is 1. The summed E-state index contributed by atoms with van der Waals surface area (Å²) < 4.78 is 12.6. The van der Waals surface area contributed by atoms with Gasteiger partial charge in [-0.25, -0.2) is 4.98 Å². The number of nitrogens with two attached hydrogens (primary N) is 1. The van der Waals surface area contributed by atoms with Gasteiger partial charge in [0.2, 0.25) is 5.95 Å². The van der Waals surface area contributed by atoms with Crippen LogP contribution in [-0.4, -0.2) is 46.2 Å². The minimum atomic E-state index is -0.192. The smallest absolute Gasteiger partial charge is 0.223 e. The number of nitrogens with zero attached hydrogens (tertiary/aromatic N) is 4. The average Bonchev–Trinajstić information content (AvgIpc) is 2.99. The average molecular weight is 518 g/mol. The van der Waals surface area contributed by atoms with Crippen LogP contribution in [0.15, 0.2) is 10.7 Å². The first-order chi connectivity index (χ1) is 14.0. The van der Waals surface area contributed by atoms with Crippen LogP contribution in [0.2, 0.25) is 5.15 Å². The van der Waals surface area contributed by atoms with Gasteiger partial charge in [-0.1, -0.05) is 11.6 Å². The molecule has 3 heterocycles. The quantitative estimate of drug-likeness (QED) is 0.452. The highest BCUT2D eigenvalue weighted by atomic mass is 79.9. The zero-order valence-electron chi connectivity index (χ0n) is 18.1. The van der Waals surface area contributed by atoms with Crippen molar-refractivity contribution in [2.75, 3.05) is 37.2 Å². The molecular weight excluding hydrogens is 490 g/mol. The third-order valence-electron chi connectivity index (χ3n) is 5.22. The molecule has 0 fully saturated rings.